The van der Waals surface area contributed by atoms with Gasteiger partial charge in [-0.15, -0.1) is 0 Å². The maximum absolute atomic E-state index is 13.1. The minimum absolute atomic E-state index is 0.120. The molecule has 0 unspecified atom stereocenters. The highest BCUT2D eigenvalue weighted by molar-refractivity contribution is 6.18. The van der Waals surface area contributed by atoms with Crippen molar-refractivity contribution in [3.8, 4) is 5.75 Å². The van der Waals surface area contributed by atoms with Gasteiger partial charge < -0.3 is 16.2 Å². The molecular formula is C21H20N2O3. The van der Waals surface area contributed by atoms with Crippen molar-refractivity contribution in [2.24, 2.45) is 11.5 Å². The van der Waals surface area contributed by atoms with Crippen molar-refractivity contribution in [1.82, 2.24) is 0 Å². The van der Waals surface area contributed by atoms with Gasteiger partial charge in [-0.25, -0.2) is 0 Å². The molecule has 3 aromatic carbocycles. The first-order chi connectivity index (χ1) is 12.5. The van der Waals surface area contributed by atoms with Crippen molar-refractivity contribution in [3.05, 3.63) is 77.4 Å². The molecule has 0 fully saturated rings. The number of amides is 1. The van der Waals surface area contributed by atoms with Crippen molar-refractivity contribution < 1.29 is 14.3 Å². The summed E-state index contributed by atoms with van der Waals surface area (Å²) in [4.78, 5) is 25.1. The van der Waals surface area contributed by atoms with E-state index in [1.54, 1.807) is 12.1 Å². The molecule has 0 saturated carbocycles. The largest absolute Gasteiger partial charge is 0.496 e. The van der Waals surface area contributed by atoms with Crippen LogP contribution in [0.4, 0.5) is 0 Å². The fraction of sp³-hybridized carbons (Fsp3) is 0.143. The van der Waals surface area contributed by atoms with Gasteiger partial charge in [-0.1, -0.05) is 54.6 Å². The maximum atomic E-state index is 13.1. The van der Waals surface area contributed by atoms with Crippen LogP contribution in [0.2, 0.25) is 0 Å². The Labute approximate surface area is 151 Å². The summed E-state index contributed by atoms with van der Waals surface area (Å²) in [5.74, 6) is -0.520. The molecule has 0 bridgehead atoms. The Kier molecular flexibility index (Phi) is 5.00. The van der Waals surface area contributed by atoms with Crippen LogP contribution < -0.4 is 16.2 Å². The molecule has 5 heteroatoms. The molecule has 0 aliphatic rings. The number of primary amides is 1. The number of carbonyl (C=O) groups is 2. The molecule has 5 nitrogen and oxygen atoms in total. The predicted molar refractivity (Wildman–Crippen MR) is 101 cm³/mol. The number of methoxy groups -OCH3 is 1. The van der Waals surface area contributed by atoms with E-state index in [2.05, 4.69) is 0 Å². The Bertz CT molecular complexity index is 968. The molecule has 4 N–H and O–H groups in total. The van der Waals surface area contributed by atoms with Crippen molar-refractivity contribution in [3.63, 3.8) is 0 Å². The number of hydrogen-bond donors (Lipinski definition) is 2. The maximum Gasteiger partial charge on any atom is 0.249 e. The topological polar surface area (TPSA) is 95.4 Å². The minimum atomic E-state index is -0.785. The summed E-state index contributed by atoms with van der Waals surface area (Å²) in [5, 5.41) is 1.34. The highest BCUT2D eigenvalue weighted by atomic mass is 16.5. The Morgan fingerprint density at radius 2 is 1.62 bits per heavy atom. The Balaban J connectivity index is 2.12. The standard InChI is InChI=1S/C21H20N2O3/c1-26-18-12-16(21(23)25)19(15-10-6-5-9-14(15)18)20(24)17(22)11-13-7-3-2-4-8-13/h2-10,12,17H,11,22H2,1H3,(H2,23,25)/t17-/m0/s1. The van der Waals surface area contributed by atoms with Gasteiger partial charge in [-0.05, 0) is 23.4 Å². The van der Waals surface area contributed by atoms with Gasteiger partial charge in [0.1, 0.15) is 5.75 Å². The monoisotopic (exact) mass is 348 g/mol. The second kappa shape index (κ2) is 7.37. The number of hydrogen-bond acceptors (Lipinski definition) is 4. The molecule has 132 valence electrons. The first-order valence-electron chi connectivity index (χ1n) is 8.26. The SMILES string of the molecule is COc1cc(C(N)=O)c(C(=O)[C@@H](N)Cc2ccccc2)c2ccccc12. The summed E-state index contributed by atoms with van der Waals surface area (Å²) >= 11 is 0. The second-order valence-electron chi connectivity index (χ2n) is 6.07. The smallest absolute Gasteiger partial charge is 0.249 e. The fourth-order valence-corrected chi connectivity index (χ4v) is 3.12. The Hall–Kier alpha value is -3.18. The highest BCUT2D eigenvalue weighted by Gasteiger charge is 2.25. The molecule has 3 aromatic rings. The Morgan fingerprint density at radius 1 is 1.00 bits per heavy atom. The number of rotatable bonds is 6. The molecule has 0 aliphatic heterocycles. The number of ether oxygens (including phenoxy) is 1. The van der Waals surface area contributed by atoms with Gasteiger partial charge in [0, 0.05) is 10.9 Å². The van der Waals surface area contributed by atoms with Gasteiger partial charge >= 0.3 is 0 Å². The number of nitrogens with two attached hydrogens (primary N) is 2. The third kappa shape index (κ3) is 3.30. The van der Waals surface area contributed by atoms with Gasteiger partial charge in [0.15, 0.2) is 5.78 Å². The lowest BCUT2D eigenvalue weighted by molar-refractivity contribution is 0.0943. The zero-order valence-electron chi connectivity index (χ0n) is 14.4. The molecule has 0 saturated heterocycles. The van der Waals surface area contributed by atoms with Gasteiger partial charge in [0.2, 0.25) is 5.91 Å². The van der Waals surface area contributed by atoms with E-state index in [1.165, 1.54) is 13.2 Å². The molecule has 1 atom stereocenters. The van der Waals surface area contributed by atoms with Crippen molar-refractivity contribution in [2.75, 3.05) is 7.11 Å². The molecule has 1 amide bonds. The van der Waals surface area contributed by atoms with Crippen LogP contribution in [0, 0.1) is 0 Å². The van der Waals surface area contributed by atoms with E-state index in [0.29, 0.717) is 17.6 Å². The van der Waals surface area contributed by atoms with E-state index in [1.807, 2.05) is 42.5 Å². The lowest BCUT2D eigenvalue weighted by Gasteiger charge is -2.17. The van der Waals surface area contributed by atoms with Crippen LogP contribution >= 0.6 is 0 Å². The average Bonchev–Trinajstić information content (AvgIpc) is 2.66. The fourth-order valence-electron chi connectivity index (χ4n) is 3.12. The molecule has 0 radical (unpaired) electrons. The lowest BCUT2D eigenvalue weighted by atomic mass is 9.90. The first-order valence-corrected chi connectivity index (χ1v) is 8.26. The van der Waals surface area contributed by atoms with Crippen LogP contribution in [0.1, 0.15) is 26.3 Å². The predicted octanol–water partition coefficient (Wildman–Crippen LogP) is 2.70. The molecule has 0 aromatic heterocycles. The molecule has 0 aliphatic carbocycles. The summed E-state index contributed by atoms with van der Waals surface area (Å²) < 4.78 is 5.36. The summed E-state index contributed by atoms with van der Waals surface area (Å²) in [6, 6.07) is 17.5. The van der Waals surface area contributed by atoms with Crippen LogP contribution in [0.15, 0.2) is 60.7 Å². The number of benzene rings is 3. The van der Waals surface area contributed by atoms with E-state index in [4.69, 9.17) is 16.2 Å². The van der Waals surface area contributed by atoms with Crippen LogP contribution in [0.25, 0.3) is 10.8 Å². The van der Waals surface area contributed by atoms with Crippen LogP contribution in [0.3, 0.4) is 0 Å². The van der Waals surface area contributed by atoms with Crippen LogP contribution in [-0.2, 0) is 6.42 Å². The lowest BCUT2D eigenvalue weighted by Crippen LogP contribution is -2.34. The molecular weight excluding hydrogens is 328 g/mol. The quantitative estimate of drug-likeness (QED) is 0.670. The van der Waals surface area contributed by atoms with Gasteiger partial charge in [0.05, 0.1) is 18.7 Å². The summed E-state index contributed by atoms with van der Waals surface area (Å²) in [6.07, 6.45) is 0.373. The average molecular weight is 348 g/mol. The number of ketones is 1. The van der Waals surface area contributed by atoms with E-state index in [-0.39, 0.29) is 16.9 Å². The molecule has 3 rings (SSSR count). The van der Waals surface area contributed by atoms with Crippen molar-refractivity contribution >= 4 is 22.5 Å². The van der Waals surface area contributed by atoms with Crippen LogP contribution in [0.5, 0.6) is 5.75 Å². The zero-order chi connectivity index (χ0) is 18.7. The number of carbonyl (C=O) groups excluding carboxylic acids is 2. The normalized spacial score (nSPS) is 11.9. The highest BCUT2D eigenvalue weighted by Crippen LogP contribution is 2.32. The summed E-state index contributed by atoms with van der Waals surface area (Å²) in [6.45, 7) is 0. The number of Topliss-reactive ketones (excluding diaryl/α,β-unsaturated/α-hetero) is 1. The molecule has 0 heterocycles. The van der Waals surface area contributed by atoms with Gasteiger partial charge in [-0.3, -0.25) is 9.59 Å². The van der Waals surface area contributed by atoms with Gasteiger partial charge in [-0.2, -0.15) is 0 Å². The molecule has 0 spiro atoms. The zero-order valence-corrected chi connectivity index (χ0v) is 14.4. The second-order valence-corrected chi connectivity index (χ2v) is 6.07. The van der Waals surface area contributed by atoms with E-state index in [0.717, 1.165) is 10.9 Å². The van der Waals surface area contributed by atoms with Crippen molar-refractivity contribution in [1.29, 1.82) is 0 Å². The Morgan fingerprint density at radius 3 is 2.23 bits per heavy atom. The van der Waals surface area contributed by atoms with E-state index < -0.39 is 11.9 Å². The summed E-state index contributed by atoms with van der Waals surface area (Å²) in [5.41, 5.74) is 13.0. The van der Waals surface area contributed by atoms with Crippen LogP contribution in [-0.4, -0.2) is 24.8 Å². The van der Waals surface area contributed by atoms with Gasteiger partial charge in [0.25, 0.3) is 0 Å². The number of fused-ring (bicyclic) bond motifs is 1. The third-order valence-corrected chi connectivity index (χ3v) is 4.37. The first kappa shape index (κ1) is 17.6. The van der Waals surface area contributed by atoms with Crippen molar-refractivity contribution in [2.45, 2.75) is 12.5 Å². The van der Waals surface area contributed by atoms with E-state index in [9.17, 15) is 9.59 Å². The third-order valence-electron chi connectivity index (χ3n) is 4.37. The minimum Gasteiger partial charge on any atom is -0.496 e. The molecule has 26 heavy (non-hydrogen) atoms. The summed E-state index contributed by atoms with van der Waals surface area (Å²) in [7, 11) is 1.51. The van der Waals surface area contributed by atoms with E-state index >= 15 is 0 Å².